The Hall–Kier alpha value is -3.57. The van der Waals surface area contributed by atoms with E-state index in [1.165, 1.54) is 30.3 Å². The molecule has 2 N–H and O–H groups in total. The van der Waals surface area contributed by atoms with E-state index in [9.17, 15) is 30.0 Å². The van der Waals surface area contributed by atoms with E-state index in [1.807, 2.05) is 12.1 Å². The Morgan fingerprint density at radius 3 is 1.82 bits per heavy atom. The molecule has 0 aliphatic carbocycles. The van der Waals surface area contributed by atoms with Crippen LogP contribution in [-0.4, -0.2) is 16.8 Å². The first-order valence-corrected chi connectivity index (χ1v) is 12.7. The molecule has 0 unspecified atom stereocenters. The molecular formula is C23H17F3N2O4S2. The smallest absolute Gasteiger partial charge is 0.280 e. The highest BCUT2D eigenvalue weighted by Crippen LogP contribution is 2.31. The van der Waals surface area contributed by atoms with Crippen molar-refractivity contribution in [2.45, 2.75) is 16.0 Å². The lowest BCUT2D eigenvalue weighted by Crippen LogP contribution is -2.15. The van der Waals surface area contributed by atoms with Crippen molar-refractivity contribution in [3.05, 3.63) is 96.6 Å². The Bertz CT molecular complexity index is 1570. The van der Waals surface area contributed by atoms with Gasteiger partial charge in [-0.15, -0.1) is 0 Å². The summed E-state index contributed by atoms with van der Waals surface area (Å²) in [5.74, 6) is 0. The molecule has 34 heavy (non-hydrogen) atoms. The molecule has 0 aliphatic rings. The van der Waals surface area contributed by atoms with Gasteiger partial charge in [0.25, 0.3) is 20.0 Å². The number of sulfonamides is 2. The van der Waals surface area contributed by atoms with E-state index in [2.05, 4.69) is 9.44 Å². The Labute approximate surface area is 194 Å². The average molecular weight is 507 g/mol. The van der Waals surface area contributed by atoms with Crippen molar-refractivity contribution >= 4 is 42.2 Å². The van der Waals surface area contributed by atoms with Gasteiger partial charge in [-0.3, -0.25) is 9.44 Å². The third kappa shape index (κ3) is 5.15. The van der Waals surface area contributed by atoms with Crippen LogP contribution in [0.15, 0.2) is 101 Å². The first kappa shape index (κ1) is 23.6. The molecule has 0 aliphatic heterocycles. The van der Waals surface area contributed by atoms with E-state index in [4.69, 9.17) is 0 Å². The minimum Gasteiger partial charge on any atom is -0.280 e. The molecule has 0 saturated carbocycles. The minimum absolute atomic E-state index is 0.0362. The number of hydrogen-bond donors (Lipinski definition) is 2. The van der Waals surface area contributed by atoms with E-state index < -0.39 is 31.8 Å². The van der Waals surface area contributed by atoms with Crippen molar-refractivity contribution in [3.8, 4) is 0 Å². The number of anilines is 2. The summed E-state index contributed by atoms with van der Waals surface area (Å²) in [6.07, 6.45) is -4.62. The van der Waals surface area contributed by atoms with Crippen LogP contribution in [-0.2, 0) is 26.2 Å². The van der Waals surface area contributed by atoms with Gasteiger partial charge in [0, 0.05) is 11.4 Å². The first-order chi connectivity index (χ1) is 15.9. The lowest BCUT2D eigenvalue weighted by atomic mass is 10.1. The first-order valence-electron chi connectivity index (χ1n) is 9.76. The molecule has 176 valence electrons. The van der Waals surface area contributed by atoms with Crippen LogP contribution in [0.2, 0.25) is 0 Å². The van der Waals surface area contributed by atoms with Crippen molar-refractivity contribution in [3.63, 3.8) is 0 Å². The highest BCUT2D eigenvalue weighted by molar-refractivity contribution is 7.93. The third-order valence-electron chi connectivity index (χ3n) is 4.89. The third-order valence-corrected chi connectivity index (χ3v) is 7.67. The molecule has 0 radical (unpaired) electrons. The second-order valence-electron chi connectivity index (χ2n) is 7.32. The molecular weight excluding hydrogens is 489 g/mol. The van der Waals surface area contributed by atoms with Crippen LogP contribution in [0.3, 0.4) is 0 Å². The van der Waals surface area contributed by atoms with Crippen LogP contribution in [0.25, 0.3) is 10.8 Å². The Morgan fingerprint density at radius 2 is 1.15 bits per heavy atom. The second-order valence-corrected chi connectivity index (χ2v) is 10.7. The fourth-order valence-corrected chi connectivity index (χ4v) is 5.37. The number of nitrogens with one attached hydrogen (secondary N) is 2. The fourth-order valence-electron chi connectivity index (χ4n) is 3.22. The fraction of sp³-hybridized carbons (Fsp3) is 0.0435. The number of halogens is 3. The van der Waals surface area contributed by atoms with Gasteiger partial charge in [-0.2, -0.15) is 13.2 Å². The maximum Gasteiger partial charge on any atom is 0.416 e. The van der Waals surface area contributed by atoms with Crippen LogP contribution in [0.5, 0.6) is 0 Å². The lowest BCUT2D eigenvalue weighted by molar-refractivity contribution is -0.137. The number of fused-ring (bicyclic) bond motifs is 1. The number of benzene rings is 4. The molecule has 4 rings (SSSR count). The zero-order valence-electron chi connectivity index (χ0n) is 17.2. The summed E-state index contributed by atoms with van der Waals surface area (Å²) in [5, 5.41) is 1.62. The van der Waals surface area contributed by atoms with Crippen LogP contribution in [0.4, 0.5) is 24.5 Å². The molecule has 0 amide bonds. The molecule has 4 aromatic rings. The molecule has 11 heteroatoms. The summed E-state index contributed by atoms with van der Waals surface area (Å²) in [5.41, 5.74) is -1.13. The molecule has 0 atom stereocenters. The molecule has 6 nitrogen and oxygen atoms in total. The molecule has 0 fully saturated rings. The predicted molar refractivity (Wildman–Crippen MR) is 123 cm³/mol. The van der Waals surface area contributed by atoms with Crippen LogP contribution < -0.4 is 9.44 Å². The Kier molecular flexibility index (Phi) is 6.00. The van der Waals surface area contributed by atoms with E-state index in [0.29, 0.717) is 6.07 Å². The quantitative estimate of drug-likeness (QED) is 0.363. The SMILES string of the molecule is O=S(=O)(Nc1cccc(C(F)(F)F)c1)c1ccc(NS(=O)(=O)c2ccc3ccccc3c2)cc1. The van der Waals surface area contributed by atoms with Crippen molar-refractivity contribution in [1.29, 1.82) is 0 Å². The topological polar surface area (TPSA) is 92.3 Å². The summed E-state index contributed by atoms with van der Waals surface area (Å²) in [4.78, 5) is -0.215. The van der Waals surface area contributed by atoms with E-state index in [0.717, 1.165) is 35.0 Å². The largest absolute Gasteiger partial charge is 0.416 e. The maximum absolute atomic E-state index is 12.9. The summed E-state index contributed by atoms with van der Waals surface area (Å²) >= 11 is 0. The van der Waals surface area contributed by atoms with E-state index >= 15 is 0 Å². The Morgan fingerprint density at radius 1 is 0.559 bits per heavy atom. The van der Waals surface area contributed by atoms with Gasteiger partial charge in [0.1, 0.15) is 0 Å². The summed E-state index contributed by atoms with van der Waals surface area (Å²) in [6, 6.07) is 20.5. The molecule has 0 heterocycles. The number of hydrogen-bond acceptors (Lipinski definition) is 4. The van der Waals surface area contributed by atoms with Gasteiger partial charge in [-0.25, -0.2) is 16.8 Å². The van der Waals surface area contributed by atoms with Gasteiger partial charge in [0.15, 0.2) is 0 Å². The second kappa shape index (κ2) is 8.65. The number of rotatable bonds is 6. The summed E-state index contributed by atoms with van der Waals surface area (Å²) in [6.45, 7) is 0. The Balaban J connectivity index is 1.53. The van der Waals surface area contributed by atoms with Gasteiger partial charge >= 0.3 is 6.18 Å². The maximum atomic E-state index is 12.9. The number of alkyl halides is 3. The van der Waals surface area contributed by atoms with Gasteiger partial charge in [-0.1, -0.05) is 36.4 Å². The normalized spacial score (nSPS) is 12.4. The molecule has 0 spiro atoms. The molecule has 0 saturated heterocycles. The molecule has 0 bridgehead atoms. The lowest BCUT2D eigenvalue weighted by Gasteiger charge is -2.12. The van der Waals surface area contributed by atoms with Crippen molar-refractivity contribution in [2.24, 2.45) is 0 Å². The van der Waals surface area contributed by atoms with Crippen LogP contribution in [0.1, 0.15) is 5.56 Å². The standard InChI is InChI=1S/C23H17F3N2O4S2/c24-23(25,26)18-6-3-7-20(15-18)28-33(29,30)21-12-9-19(10-13-21)27-34(31,32)22-11-8-16-4-1-2-5-17(16)14-22/h1-15,27-28H. The van der Waals surface area contributed by atoms with Gasteiger partial charge in [0.05, 0.1) is 15.4 Å². The van der Waals surface area contributed by atoms with Gasteiger partial charge in [-0.05, 0) is 65.4 Å². The highest BCUT2D eigenvalue weighted by atomic mass is 32.2. The average Bonchev–Trinajstić information content (AvgIpc) is 2.78. The van der Waals surface area contributed by atoms with E-state index in [-0.39, 0.29) is 21.2 Å². The van der Waals surface area contributed by atoms with Gasteiger partial charge in [0.2, 0.25) is 0 Å². The minimum atomic E-state index is -4.62. The zero-order valence-corrected chi connectivity index (χ0v) is 18.9. The molecule has 0 aromatic heterocycles. The predicted octanol–water partition coefficient (Wildman–Crippen LogP) is 5.46. The zero-order chi connectivity index (χ0) is 24.6. The van der Waals surface area contributed by atoms with Crippen molar-refractivity contribution < 1.29 is 30.0 Å². The van der Waals surface area contributed by atoms with Gasteiger partial charge < -0.3 is 0 Å². The van der Waals surface area contributed by atoms with Crippen molar-refractivity contribution in [2.75, 3.05) is 9.44 Å². The summed E-state index contributed by atoms with van der Waals surface area (Å²) < 4.78 is 93.7. The van der Waals surface area contributed by atoms with Crippen LogP contribution >= 0.6 is 0 Å². The van der Waals surface area contributed by atoms with Crippen LogP contribution in [0, 0.1) is 0 Å². The molecule has 4 aromatic carbocycles. The monoisotopic (exact) mass is 506 g/mol. The van der Waals surface area contributed by atoms with E-state index in [1.54, 1.807) is 18.2 Å². The summed E-state index contributed by atoms with van der Waals surface area (Å²) in [7, 11) is -8.15. The highest BCUT2D eigenvalue weighted by Gasteiger charge is 2.30. The van der Waals surface area contributed by atoms with Crippen molar-refractivity contribution in [1.82, 2.24) is 0 Å².